The predicted octanol–water partition coefficient (Wildman–Crippen LogP) is 2.62. The molecular formula is C18H18ClFN6O. The van der Waals surface area contributed by atoms with Gasteiger partial charge in [0.1, 0.15) is 11.2 Å². The Bertz CT molecular complexity index is 1040. The van der Waals surface area contributed by atoms with Crippen molar-refractivity contribution in [3.05, 3.63) is 40.9 Å². The van der Waals surface area contributed by atoms with Crippen LogP contribution in [0.2, 0.25) is 5.02 Å². The molecule has 2 aromatic heterocycles. The van der Waals surface area contributed by atoms with E-state index >= 15 is 0 Å². The van der Waals surface area contributed by atoms with Gasteiger partial charge in [-0.15, -0.1) is 0 Å². The lowest BCUT2D eigenvalue weighted by atomic mass is 9.90. The molecule has 0 spiro atoms. The molecule has 1 unspecified atom stereocenters. The van der Waals surface area contributed by atoms with E-state index in [1.807, 2.05) is 0 Å². The molecule has 3 heterocycles. The summed E-state index contributed by atoms with van der Waals surface area (Å²) in [6.07, 6.45) is 2.25. The average Bonchev–Trinajstić information content (AvgIpc) is 3.27. The molecule has 1 fully saturated rings. The molecule has 1 amide bonds. The Labute approximate surface area is 159 Å². The highest BCUT2D eigenvalue weighted by Gasteiger charge is 2.35. The van der Waals surface area contributed by atoms with Crippen LogP contribution in [0.1, 0.15) is 23.8 Å². The van der Waals surface area contributed by atoms with E-state index in [0.29, 0.717) is 30.8 Å². The number of rotatable bonds is 3. The second-order valence-corrected chi connectivity index (χ2v) is 7.53. The van der Waals surface area contributed by atoms with Crippen molar-refractivity contribution in [3.8, 4) is 11.3 Å². The summed E-state index contributed by atoms with van der Waals surface area (Å²) < 4.78 is 14.3. The summed E-state index contributed by atoms with van der Waals surface area (Å²) in [5.41, 5.74) is 7.17. The number of nitrogens with zero attached hydrogens (tertiary/aromatic N) is 4. The number of hydrogen-bond donors (Lipinski definition) is 2. The predicted molar refractivity (Wildman–Crippen MR) is 99.8 cm³/mol. The van der Waals surface area contributed by atoms with Gasteiger partial charge in [-0.3, -0.25) is 9.89 Å². The van der Waals surface area contributed by atoms with Crippen molar-refractivity contribution in [2.45, 2.75) is 13.3 Å². The highest BCUT2D eigenvalue weighted by molar-refractivity contribution is 6.31. The summed E-state index contributed by atoms with van der Waals surface area (Å²) in [6.45, 7) is 3.80. The van der Waals surface area contributed by atoms with Crippen molar-refractivity contribution in [1.29, 1.82) is 0 Å². The van der Waals surface area contributed by atoms with Gasteiger partial charge >= 0.3 is 0 Å². The quantitative estimate of drug-likeness (QED) is 0.718. The standard InChI is InChI=1S/C18H18ClFN6O/c1-18(8-21)5-6-26(9-18)17(27)12-7-22-15-14(24-25-16(15)23-12)10-3-2-4-11(19)13(10)20/h2-4,7H,5-6,8-9,21H2,1H3,(H,23,24,25). The SMILES string of the molecule is CC1(CN)CCN(C(=O)c2cnc3c(-c4cccc(Cl)c4F)[nH]nc3n2)C1. The fourth-order valence-electron chi connectivity index (χ4n) is 3.31. The molecule has 9 heteroatoms. The van der Waals surface area contributed by atoms with Crippen LogP contribution in [0, 0.1) is 11.2 Å². The van der Waals surface area contributed by atoms with Crippen LogP contribution < -0.4 is 5.73 Å². The fourth-order valence-corrected chi connectivity index (χ4v) is 3.48. The average molecular weight is 389 g/mol. The van der Waals surface area contributed by atoms with E-state index in [1.54, 1.807) is 17.0 Å². The first kappa shape index (κ1) is 17.8. The first-order valence-electron chi connectivity index (χ1n) is 8.57. The lowest BCUT2D eigenvalue weighted by molar-refractivity contribution is 0.0771. The minimum Gasteiger partial charge on any atom is -0.337 e. The van der Waals surface area contributed by atoms with Gasteiger partial charge in [-0.1, -0.05) is 24.6 Å². The third-order valence-corrected chi connectivity index (χ3v) is 5.33. The van der Waals surface area contributed by atoms with Gasteiger partial charge in [0, 0.05) is 18.7 Å². The number of carbonyl (C=O) groups excluding carboxylic acids is 1. The number of likely N-dealkylation sites (tertiary alicyclic amines) is 1. The maximum absolute atomic E-state index is 14.3. The molecule has 1 saturated heterocycles. The number of H-pyrrole nitrogens is 1. The second-order valence-electron chi connectivity index (χ2n) is 7.12. The zero-order valence-corrected chi connectivity index (χ0v) is 15.4. The highest BCUT2D eigenvalue weighted by Crippen LogP contribution is 2.31. The summed E-state index contributed by atoms with van der Waals surface area (Å²) in [7, 11) is 0. The number of aromatic amines is 1. The smallest absolute Gasteiger partial charge is 0.274 e. The van der Waals surface area contributed by atoms with E-state index in [0.717, 1.165) is 6.42 Å². The molecule has 0 saturated carbocycles. The van der Waals surface area contributed by atoms with E-state index in [2.05, 4.69) is 27.1 Å². The van der Waals surface area contributed by atoms with Crippen LogP contribution in [0.15, 0.2) is 24.4 Å². The number of fused-ring (bicyclic) bond motifs is 1. The highest BCUT2D eigenvalue weighted by atomic mass is 35.5. The van der Waals surface area contributed by atoms with Gasteiger partial charge in [-0.05, 0) is 30.5 Å². The number of benzene rings is 1. The van der Waals surface area contributed by atoms with E-state index in [1.165, 1.54) is 12.3 Å². The molecule has 0 bridgehead atoms. The van der Waals surface area contributed by atoms with Crippen LogP contribution in [0.4, 0.5) is 4.39 Å². The number of hydrogen-bond acceptors (Lipinski definition) is 5. The molecule has 3 aromatic rings. The van der Waals surface area contributed by atoms with Gasteiger partial charge in [0.2, 0.25) is 5.65 Å². The Morgan fingerprint density at radius 1 is 1.48 bits per heavy atom. The van der Waals surface area contributed by atoms with Gasteiger partial charge in [0.25, 0.3) is 5.91 Å². The van der Waals surface area contributed by atoms with Crippen molar-refractivity contribution in [2.75, 3.05) is 19.6 Å². The lowest BCUT2D eigenvalue weighted by Crippen LogP contribution is -2.34. The first-order chi connectivity index (χ1) is 12.9. The summed E-state index contributed by atoms with van der Waals surface area (Å²) in [4.78, 5) is 23.1. The van der Waals surface area contributed by atoms with Crippen molar-refractivity contribution in [3.63, 3.8) is 0 Å². The molecule has 1 atom stereocenters. The summed E-state index contributed by atoms with van der Waals surface area (Å²) in [5, 5.41) is 6.83. The second kappa shape index (κ2) is 6.54. The monoisotopic (exact) mass is 388 g/mol. The fraction of sp³-hybridized carbons (Fsp3) is 0.333. The van der Waals surface area contributed by atoms with Crippen LogP contribution in [0.3, 0.4) is 0 Å². The minimum atomic E-state index is -0.565. The molecule has 7 nitrogen and oxygen atoms in total. The topological polar surface area (TPSA) is 101 Å². The molecule has 1 aliphatic heterocycles. The summed E-state index contributed by atoms with van der Waals surface area (Å²) in [5.74, 6) is -0.773. The normalized spacial score (nSPS) is 19.8. The van der Waals surface area contributed by atoms with Gasteiger partial charge in [-0.25, -0.2) is 14.4 Å². The Morgan fingerprint density at radius 2 is 2.30 bits per heavy atom. The molecule has 140 valence electrons. The maximum Gasteiger partial charge on any atom is 0.274 e. The van der Waals surface area contributed by atoms with Gasteiger partial charge in [0.15, 0.2) is 5.82 Å². The number of amides is 1. The van der Waals surface area contributed by atoms with E-state index in [-0.39, 0.29) is 33.2 Å². The lowest BCUT2D eigenvalue weighted by Gasteiger charge is -2.22. The molecule has 1 aromatic carbocycles. The minimum absolute atomic E-state index is 0.00648. The van der Waals surface area contributed by atoms with E-state index in [9.17, 15) is 9.18 Å². The Hall–Kier alpha value is -2.58. The third-order valence-electron chi connectivity index (χ3n) is 5.04. The van der Waals surface area contributed by atoms with Crippen molar-refractivity contribution >= 4 is 28.7 Å². The van der Waals surface area contributed by atoms with Crippen LogP contribution in [0.25, 0.3) is 22.4 Å². The zero-order chi connectivity index (χ0) is 19.2. The van der Waals surface area contributed by atoms with Gasteiger partial charge < -0.3 is 10.6 Å². The maximum atomic E-state index is 14.3. The van der Waals surface area contributed by atoms with Crippen molar-refractivity contribution < 1.29 is 9.18 Å². The van der Waals surface area contributed by atoms with Crippen LogP contribution in [0.5, 0.6) is 0 Å². The number of halogens is 2. The van der Waals surface area contributed by atoms with Crippen molar-refractivity contribution in [1.82, 2.24) is 25.1 Å². The molecule has 0 aliphatic carbocycles. The van der Waals surface area contributed by atoms with E-state index in [4.69, 9.17) is 17.3 Å². The molecule has 27 heavy (non-hydrogen) atoms. The van der Waals surface area contributed by atoms with E-state index < -0.39 is 5.82 Å². The Morgan fingerprint density at radius 3 is 3.04 bits per heavy atom. The summed E-state index contributed by atoms with van der Waals surface area (Å²) in [6, 6.07) is 4.68. The largest absolute Gasteiger partial charge is 0.337 e. The molecule has 0 radical (unpaired) electrons. The number of aromatic nitrogens is 4. The molecule has 1 aliphatic rings. The molecule has 3 N–H and O–H groups in total. The Balaban J connectivity index is 1.67. The molecule has 4 rings (SSSR count). The number of carbonyl (C=O) groups is 1. The van der Waals surface area contributed by atoms with Gasteiger partial charge in [-0.2, -0.15) is 5.10 Å². The third kappa shape index (κ3) is 3.04. The summed E-state index contributed by atoms with van der Waals surface area (Å²) >= 11 is 5.85. The number of nitrogens with one attached hydrogen (secondary N) is 1. The first-order valence-corrected chi connectivity index (χ1v) is 8.94. The van der Waals surface area contributed by atoms with Crippen LogP contribution in [-0.4, -0.2) is 50.6 Å². The van der Waals surface area contributed by atoms with Gasteiger partial charge in [0.05, 0.1) is 16.9 Å². The van der Waals surface area contributed by atoms with Crippen LogP contribution in [-0.2, 0) is 0 Å². The number of nitrogens with two attached hydrogens (primary N) is 1. The van der Waals surface area contributed by atoms with Crippen molar-refractivity contribution in [2.24, 2.45) is 11.1 Å². The molecular weight excluding hydrogens is 371 g/mol. The zero-order valence-electron chi connectivity index (χ0n) is 14.7. The van der Waals surface area contributed by atoms with Crippen LogP contribution >= 0.6 is 11.6 Å². The Kier molecular flexibility index (Phi) is 4.32.